The summed E-state index contributed by atoms with van der Waals surface area (Å²) < 4.78 is 1.89. The minimum absolute atomic E-state index is 0.0458. The standard InChI is InChI=1S/C10H15N3O5/c1-3-11-5-8(13(17)18)9(15)12(10(11)16)4-7(2)6-14/h5,7,14H,3-4,6H2,1-2H3. The molecule has 0 aliphatic heterocycles. The third-order valence-corrected chi connectivity index (χ3v) is 2.56. The van der Waals surface area contributed by atoms with E-state index >= 15 is 0 Å². The normalized spacial score (nSPS) is 12.4. The van der Waals surface area contributed by atoms with Crippen LogP contribution in [0.5, 0.6) is 0 Å². The Bertz CT molecular complexity index is 560. The van der Waals surface area contributed by atoms with E-state index in [4.69, 9.17) is 5.11 Å². The van der Waals surface area contributed by atoms with Gasteiger partial charge in [0.2, 0.25) is 0 Å². The van der Waals surface area contributed by atoms with Gasteiger partial charge in [0.05, 0.1) is 11.1 Å². The van der Waals surface area contributed by atoms with Crippen LogP contribution < -0.4 is 11.2 Å². The average molecular weight is 257 g/mol. The molecule has 1 aromatic rings. The highest BCUT2D eigenvalue weighted by Gasteiger charge is 2.20. The van der Waals surface area contributed by atoms with Crippen LogP contribution in [0.3, 0.4) is 0 Å². The van der Waals surface area contributed by atoms with Gasteiger partial charge in [-0.3, -0.25) is 24.0 Å². The van der Waals surface area contributed by atoms with Crippen LogP contribution >= 0.6 is 0 Å². The molecular weight excluding hydrogens is 242 g/mol. The summed E-state index contributed by atoms with van der Waals surface area (Å²) in [6.07, 6.45) is 0.949. The van der Waals surface area contributed by atoms with Gasteiger partial charge in [0.15, 0.2) is 0 Å². The van der Waals surface area contributed by atoms with E-state index in [0.717, 1.165) is 15.3 Å². The first-order valence-corrected chi connectivity index (χ1v) is 5.51. The van der Waals surface area contributed by atoms with Crippen molar-refractivity contribution >= 4 is 5.69 Å². The molecule has 1 N–H and O–H groups in total. The number of aromatic nitrogens is 2. The van der Waals surface area contributed by atoms with Crippen LogP contribution in [-0.2, 0) is 13.1 Å². The maximum Gasteiger partial charge on any atom is 0.350 e. The van der Waals surface area contributed by atoms with Crippen molar-refractivity contribution in [3.63, 3.8) is 0 Å². The molecule has 0 amide bonds. The quantitative estimate of drug-likeness (QED) is 0.568. The van der Waals surface area contributed by atoms with Crippen molar-refractivity contribution in [1.29, 1.82) is 0 Å². The lowest BCUT2D eigenvalue weighted by Gasteiger charge is -2.11. The van der Waals surface area contributed by atoms with E-state index in [9.17, 15) is 19.7 Å². The maximum atomic E-state index is 11.9. The van der Waals surface area contributed by atoms with Crippen molar-refractivity contribution in [2.75, 3.05) is 6.61 Å². The zero-order valence-electron chi connectivity index (χ0n) is 10.2. The topological polar surface area (TPSA) is 107 Å². The van der Waals surface area contributed by atoms with E-state index in [2.05, 4.69) is 0 Å². The molecule has 0 fully saturated rings. The molecule has 1 aromatic heterocycles. The van der Waals surface area contributed by atoms with Crippen molar-refractivity contribution in [3.05, 3.63) is 37.1 Å². The lowest BCUT2D eigenvalue weighted by atomic mass is 10.2. The second-order valence-corrected chi connectivity index (χ2v) is 4.04. The summed E-state index contributed by atoms with van der Waals surface area (Å²) in [5.74, 6) is -0.331. The lowest BCUT2D eigenvalue weighted by molar-refractivity contribution is -0.387. The number of nitro groups is 1. The van der Waals surface area contributed by atoms with Crippen LogP contribution in [0.15, 0.2) is 15.8 Å². The highest BCUT2D eigenvalue weighted by molar-refractivity contribution is 5.21. The molecule has 1 atom stereocenters. The number of aliphatic hydroxyl groups excluding tert-OH is 1. The van der Waals surface area contributed by atoms with Gasteiger partial charge in [-0.15, -0.1) is 0 Å². The first-order chi connectivity index (χ1) is 8.42. The van der Waals surface area contributed by atoms with E-state index in [0.29, 0.717) is 0 Å². The van der Waals surface area contributed by atoms with Gasteiger partial charge in [0.25, 0.3) is 0 Å². The average Bonchev–Trinajstić information content (AvgIpc) is 2.33. The van der Waals surface area contributed by atoms with Crippen LogP contribution in [0.25, 0.3) is 0 Å². The van der Waals surface area contributed by atoms with Gasteiger partial charge in [-0.05, 0) is 12.8 Å². The highest BCUT2D eigenvalue weighted by Crippen LogP contribution is 2.02. The molecule has 0 spiro atoms. The molecule has 0 bridgehead atoms. The summed E-state index contributed by atoms with van der Waals surface area (Å²) in [4.78, 5) is 33.6. The number of rotatable bonds is 5. The summed E-state index contributed by atoms with van der Waals surface area (Å²) in [7, 11) is 0. The molecule has 0 saturated heterocycles. The molecule has 18 heavy (non-hydrogen) atoms. The zero-order valence-corrected chi connectivity index (χ0v) is 10.2. The monoisotopic (exact) mass is 257 g/mol. The van der Waals surface area contributed by atoms with E-state index < -0.39 is 21.9 Å². The summed E-state index contributed by atoms with van der Waals surface area (Å²) in [6.45, 7) is 3.26. The SMILES string of the molecule is CCn1cc([N+](=O)[O-])c(=O)n(CC(C)CO)c1=O. The number of hydrogen-bond acceptors (Lipinski definition) is 5. The summed E-state index contributed by atoms with van der Waals surface area (Å²) in [6, 6.07) is 0. The van der Waals surface area contributed by atoms with Crippen molar-refractivity contribution < 1.29 is 10.0 Å². The summed E-state index contributed by atoms with van der Waals surface area (Å²) >= 11 is 0. The molecule has 100 valence electrons. The van der Waals surface area contributed by atoms with E-state index in [1.807, 2.05) is 0 Å². The predicted molar refractivity (Wildman–Crippen MR) is 63.5 cm³/mol. The van der Waals surface area contributed by atoms with Gasteiger partial charge in [-0.2, -0.15) is 0 Å². The second-order valence-electron chi connectivity index (χ2n) is 4.04. The number of aliphatic hydroxyl groups is 1. The molecule has 1 rings (SSSR count). The smallest absolute Gasteiger partial charge is 0.350 e. The van der Waals surface area contributed by atoms with Crippen LogP contribution in [0, 0.1) is 16.0 Å². The lowest BCUT2D eigenvalue weighted by Crippen LogP contribution is -2.41. The Morgan fingerprint density at radius 2 is 2.11 bits per heavy atom. The molecule has 0 aliphatic rings. The summed E-state index contributed by atoms with van der Waals surface area (Å²) in [5.41, 5.74) is -2.18. The number of nitrogens with zero attached hydrogens (tertiary/aromatic N) is 3. The van der Waals surface area contributed by atoms with Crippen molar-refractivity contribution in [2.24, 2.45) is 5.92 Å². The molecule has 0 saturated carbocycles. The predicted octanol–water partition coefficient (Wildman–Crippen LogP) is -0.434. The first kappa shape index (κ1) is 14.1. The molecule has 1 unspecified atom stereocenters. The van der Waals surface area contributed by atoms with E-state index in [-0.39, 0.29) is 25.6 Å². The Hall–Kier alpha value is -1.96. The Balaban J connectivity index is 3.48. The van der Waals surface area contributed by atoms with E-state index in [1.54, 1.807) is 13.8 Å². The maximum absolute atomic E-state index is 11.9. The van der Waals surface area contributed by atoms with Crippen LogP contribution in [0.4, 0.5) is 5.69 Å². The Kier molecular flexibility index (Phi) is 4.38. The van der Waals surface area contributed by atoms with Crippen LogP contribution in [0.2, 0.25) is 0 Å². The molecule has 0 aromatic carbocycles. The van der Waals surface area contributed by atoms with Crippen LogP contribution in [0.1, 0.15) is 13.8 Å². The van der Waals surface area contributed by atoms with Crippen molar-refractivity contribution in [3.8, 4) is 0 Å². The Labute approximate surface area is 102 Å². The zero-order chi connectivity index (χ0) is 13.9. The Morgan fingerprint density at radius 1 is 1.50 bits per heavy atom. The van der Waals surface area contributed by atoms with Gasteiger partial charge in [-0.1, -0.05) is 6.92 Å². The van der Waals surface area contributed by atoms with Gasteiger partial charge in [-0.25, -0.2) is 4.79 Å². The summed E-state index contributed by atoms with van der Waals surface area (Å²) in [5, 5.41) is 19.7. The van der Waals surface area contributed by atoms with E-state index in [1.165, 1.54) is 0 Å². The van der Waals surface area contributed by atoms with Crippen molar-refractivity contribution in [1.82, 2.24) is 9.13 Å². The third kappa shape index (κ3) is 2.65. The molecule has 0 aliphatic carbocycles. The van der Waals surface area contributed by atoms with Gasteiger partial charge < -0.3 is 5.11 Å². The van der Waals surface area contributed by atoms with Gasteiger partial charge in [0.1, 0.15) is 0 Å². The molecular formula is C10H15N3O5. The third-order valence-electron chi connectivity index (χ3n) is 2.56. The largest absolute Gasteiger partial charge is 0.396 e. The fourth-order valence-electron chi connectivity index (χ4n) is 1.52. The second kappa shape index (κ2) is 5.58. The van der Waals surface area contributed by atoms with Gasteiger partial charge in [0, 0.05) is 19.7 Å². The molecule has 8 heteroatoms. The molecule has 1 heterocycles. The fourth-order valence-corrected chi connectivity index (χ4v) is 1.52. The van der Waals surface area contributed by atoms with Crippen LogP contribution in [-0.4, -0.2) is 25.8 Å². The number of hydrogen-bond donors (Lipinski definition) is 1. The highest BCUT2D eigenvalue weighted by atomic mass is 16.6. The minimum Gasteiger partial charge on any atom is -0.396 e. The number of aryl methyl sites for hydroxylation is 1. The molecule has 0 radical (unpaired) electrons. The Morgan fingerprint density at radius 3 is 2.56 bits per heavy atom. The minimum atomic E-state index is -0.935. The van der Waals surface area contributed by atoms with Gasteiger partial charge >= 0.3 is 16.9 Å². The van der Waals surface area contributed by atoms with Crippen molar-refractivity contribution in [2.45, 2.75) is 26.9 Å². The first-order valence-electron chi connectivity index (χ1n) is 5.51. The fraction of sp³-hybridized carbons (Fsp3) is 0.600. The molecule has 8 nitrogen and oxygen atoms in total.